The molecule has 0 aliphatic heterocycles. The number of hydrogen-bond donors (Lipinski definition) is 3. The third kappa shape index (κ3) is 3.12. The molecule has 0 radical (unpaired) electrons. The zero-order chi connectivity index (χ0) is 18.8. The first-order chi connectivity index (χ1) is 12.4. The van der Waals surface area contributed by atoms with E-state index in [1.807, 2.05) is 0 Å². The quantitative estimate of drug-likeness (QED) is 0.622. The zero-order valence-corrected chi connectivity index (χ0v) is 14.0. The second-order valence-corrected chi connectivity index (χ2v) is 6.44. The molecule has 3 N–H and O–H groups in total. The number of rotatable bonds is 5. The van der Waals surface area contributed by atoms with Gasteiger partial charge in [-0.15, -0.1) is 0 Å². The van der Waals surface area contributed by atoms with E-state index >= 15 is 0 Å². The molecule has 3 aromatic carbocycles. The molecule has 0 aliphatic rings. The van der Waals surface area contributed by atoms with Gasteiger partial charge in [0.25, 0.3) is 0 Å². The fourth-order valence-electron chi connectivity index (χ4n) is 2.68. The van der Waals surface area contributed by atoms with Crippen molar-refractivity contribution in [1.82, 2.24) is 0 Å². The van der Waals surface area contributed by atoms with Gasteiger partial charge in [-0.3, -0.25) is 0 Å². The molecule has 26 heavy (non-hydrogen) atoms. The van der Waals surface area contributed by atoms with Gasteiger partial charge in [0.1, 0.15) is 0 Å². The number of aromatic carboxylic acids is 3. The molecule has 7 heteroatoms. The number of hydrogen-bond acceptors (Lipinski definition) is 4. The van der Waals surface area contributed by atoms with Crippen LogP contribution in [0.25, 0.3) is 10.8 Å². The van der Waals surface area contributed by atoms with E-state index in [1.165, 1.54) is 24.3 Å². The highest BCUT2D eigenvalue weighted by molar-refractivity contribution is 7.99. The molecule has 0 bridgehead atoms. The minimum Gasteiger partial charge on any atom is -0.478 e. The summed E-state index contributed by atoms with van der Waals surface area (Å²) in [5.74, 6) is -3.54. The van der Waals surface area contributed by atoms with Crippen LogP contribution in [0.4, 0.5) is 0 Å². The predicted molar refractivity (Wildman–Crippen MR) is 95.4 cm³/mol. The second-order valence-electron chi connectivity index (χ2n) is 5.35. The monoisotopic (exact) mass is 368 g/mol. The highest BCUT2D eigenvalue weighted by Gasteiger charge is 2.19. The Labute approximate surface area is 151 Å². The van der Waals surface area contributed by atoms with E-state index in [0.29, 0.717) is 15.2 Å². The Morgan fingerprint density at radius 1 is 0.615 bits per heavy atom. The van der Waals surface area contributed by atoms with Crippen LogP contribution in [-0.4, -0.2) is 33.2 Å². The van der Waals surface area contributed by atoms with Crippen molar-refractivity contribution in [3.8, 4) is 0 Å². The predicted octanol–water partition coefficient (Wildman–Crippen LogP) is 4.09. The molecule has 6 nitrogen and oxygen atoms in total. The Morgan fingerprint density at radius 3 is 1.85 bits per heavy atom. The highest BCUT2D eigenvalue weighted by atomic mass is 32.2. The van der Waals surface area contributed by atoms with Crippen LogP contribution in [0.3, 0.4) is 0 Å². The summed E-state index contributed by atoms with van der Waals surface area (Å²) in [6, 6.07) is 13.8. The Morgan fingerprint density at radius 2 is 1.19 bits per heavy atom. The lowest BCUT2D eigenvalue weighted by Crippen LogP contribution is -2.04. The molecule has 130 valence electrons. The van der Waals surface area contributed by atoms with Gasteiger partial charge in [-0.1, -0.05) is 36.0 Å². The van der Waals surface area contributed by atoms with E-state index in [-0.39, 0.29) is 22.1 Å². The maximum Gasteiger partial charge on any atom is 0.336 e. The van der Waals surface area contributed by atoms with E-state index in [1.54, 1.807) is 30.3 Å². The van der Waals surface area contributed by atoms with Gasteiger partial charge in [0, 0.05) is 15.2 Å². The molecule has 0 aromatic heterocycles. The Hall–Kier alpha value is -3.32. The summed E-state index contributed by atoms with van der Waals surface area (Å²) in [6.45, 7) is 0. The van der Waals surface area contributed by atoms with Crippen molar-refractivity contribution in [2.45, 2.75) is 9.79 Å². The molecule has 0 amide bonds. The fourth-order valence-corrected chi connectivity index (χ4v) is 3.74. The molecule has 0 unspecified atom stereocenters. The Balaban J connectivity index is 2.25. The van der Waals surface area contributed by atoms with Crippen molar-refractivity contribution in [2.75, 3.05) is 0 Å². The van der Waals surface area contributed by atoms with Crippen LogP contribution < -0.4 is 0 Å². The van der Waals surface area contributed by atoms with Gasteiger partial charge in [0.15, 0.2) is 0 Å². The third-order valence-corrected chi connectivity index (χ3v) is 4.95. The Kier molecular flexibility index (Phi) is 4.64. The van der Waals surface area contributed by atoms with Crippen LogP contribution in [0.2, 0.25) is 0 Å². The zero-order valence-electron chi connectivity index (χ0n) is 13.2. The number of carboxylic acids is 3. The van der Waals surface area contributed by atoms with Gasteiger partial charge in [0.05, 0.1) is 16.7 Å². The van der Waals surface area contributed by atoms with E-state index in [2.05, 4.69) is 0 Å². The number of fused-ring (bicyclic) bond motifs is 1. The summed E-state index contributed by atoms with van der Waals surface area (Å²) >= 11 is 1.15. The van der Waals surface area contributed by atoms with Crippen LogP contribution in [0, 0.1) is 0 Å². The average Bonchev–Trinajstić information content (AvgIpc) is 2.61. The molecule has 0 spiro atoms. The topological polar surface area (TPSA) is 112 Å². The maximum absolute atomic E-state index is 11.5. The molecule has 0 saturated heterocycles. The van der Waals surface area contributed by atoms with Crippen molar-refractivity contribution < 1.29 is 29.7 Å². The van der Waals surface area contributed by atoms with Gasteiger partial charge >= 0.3 is 17.9 Å². The number of benzene rings is 3. The van der Waals surface area contributed by atoms with Crippen molar-refractivity contribution >= 4 is 40.4 Å². The van der Waals surface area contributed by atoms with Crippen LogP contribution in [0.5, 0.6) is 0 Å². The van der Waals surface area contributed by atoms with Crippen molar-refractivity contribution in [3.05, 3.63) is 71.3 Å². The first kappa shape index (κ1) is 17.5. The molecule has 0 saturated carbocycles. The average molecular weight is 368 g/mol. The van der Waals surface area contributed by atoms with Gasteiger partial charge in [-0.05, 0) is 35.7 Å². The maximum atomic E-state index is 11.5. The number of carbonyl (C=O) groups is 3. The molecule has 0 heterocycles. The van der Waals surface area contributed by atoms with Crippen LogP contribution >= 0.6 is 11.8 Å². The summed E-state index contributed by atoms with van der Waals surface area (Å²) < 4.78 is 0. The van der Waals surface area contributed by atoms with Gasteiger partial charge < -0.3 is 15.3 Å². The van der Waals surface area contributed by atoms with Crippen LogP contribution in [0.1, 0.15) is 31.1 Å². The van der Waals surface area contributed by atoms with Crippen molar-refractivity contribution in [2.24, 2.45) is 0 Å². The van der Waals surface area contributed by atoms with Crippen molar-refractivity contribution in [3.63, 3.8) is 0 Å². The smallest absolute Gasteiger partial charge is 0.336 e. The molecule has 0 aliphatic carbocycles. The van der Waals surface area contributed by atoms with Crippen molar-refractivity contribution in [1.29, 1.82) is 0 Å². The minimum absolute atomic E-state index is 0.113. The summed E-state index contributed by atoms with van der Waals surface area (Å²) in [5.41, 5.74) is -0.120. The second kappa shape index (κ2) is 6.89. The molecular weight excluding hydrogens is 356 g/mol. The first-order valence-electron chi connectivity index (χ1n) is 7.42. The number of carboxylic acid groups (broad SMARTS) is 3. The highest BCUT2D eigenvalue weighted by Crippen LogP contribution is 2.37. The lowest BCUT2D eigenvalue weighted by atomic mass is 9.99. The fraction of sp³-hybridized carbons (Fsp3) is 0. The van der Waals surface area contributed by atoms with Gasteiger partial charge in [-0.2, -0.15) is 0 Å². The van der Waals surface area contributed by atoms with Gasteiger partial charge in [-0.25, -0.2) is 14.4 Å². The standard InChI is InChI=1S/C19H12O6S/c20-17(21)11-4-1-2-7-14(11)26-15-9-8-13(19(24)25)16-10(15)5-3-6-12(16)18(22)23/h1-9H,(H,20,21)(H,22,23)(H,24,25). The lowest BCUT2D eigenvalue weighted by Gasteiger charge is -2.12. The van der Waals surface area contributed by atoms with E-state index in [9.17, 15) is 29.7 Å². The largest absolute Gasteiger partial charge is 0.478 e. The summed E-state index contributed by atoms with van der Waals surface area (Å²) in [6.07, 6.45) is 0. The summed E-state index contributed by atoms with van der Waals surface area (Å²) in [7, 11) is 0. The third-order valence-electron chi connectivity index (χ3n) is 3.80. The van der Waals surface area contributed by atoms with Crippen LogP contribution in [0.15, 0.2) is 64.4 Å². The molecule has 0 atom stereocenters. The van der Waals surface area contributed by atoms with E-state index in [0.717, 1.165) is 11.8 Å². The lowest BCUT2D eigenvalue weighted by molar-refractivity contribution is 0.0682. The minimum atomic E-state index is -1.23. The molecule has 3 aromatic rings. The van der Waals surface area contributed by atoms with Crippen LogP contribution in [-0.2, 0) is 0 Å². The molecule has 3 rings (SSSR count). The Bertz CT molecular complexity index is 1040. The summed E-state index contributed by atoms with van der Waals surface area (Å²) in [4.78, 5) is 35.5. The van der Waals surface area contributed by atoms with E-state index < -0.39 is 17.9 Å². The SMILES string of the molecule is O=C(O)c1ccccc1Sc1ccc(C(=O)O)c2c(C(=O)O)cccc12. The molecule has 0 fully saturated rings. The first-order valence-corrected chi connectivity index (χ1v) is 8.24. The normalized spacial score (nSPS) is 10.6. The molecular formula is C19H12O6S. The van der Waals surface area contributed by atoms with E-state index in [4.69, 9.17) is 0 Å². The van der Waals surface area contributed by atoms with Gasteiger partial charge in [0.2, 0.25) is 0 Å². The summed E-state index contributed by atoms with van der Waals surface area (Å²) in [5, 5.41) is 28.7.